The van der Waals surface area contributed by atoms with Gasteiger partial charge in [-0.25, -0.2) is 4.79 Å². The summed E-state index contributed by atoms with van der Waals surface area (Å²) in [6.07, 6.45) is 0.562. The molecule has 0 amide bonds. The first-order valence-corrected chi connectivity index (χ1v) is 11.0. The van der Waals surface area contributed by atoms with Gasteiger partial charge in [0.25, 0.3) is 0 Å². The first kappa shape index (κ1) is 20.4. The van der Waals surface area contributed by atoms with Crippen LogP contribution in [0.2, 0.25) is 0 Å². The number of rotatable bonds is 3. The summed E-state index contributed by atoms with van der Waals surface area (Å²) in [5.74, 6) is 0.830. The SMILES string of the molecule is Cc1ccc(N2COc3c(cc4c(C)c(Cc5ccccc5)c(=O)oc4c3C)C2)cc1C. The van der Waals surface area contributed by atoms with Gasteiger partial charge in [-0.05, 0) is 68.1 Å². The van der Waals surface area contributed by atoms with Crippen LogP contribution in [0.25, 0.3) is 11.0 Å². The van der Waals surface area contributed by atoms with Crippen LogP contribution in [0.15, 0.2) is 63.8 Å². The Balaban J connectivity index is 1.58. The lowest BCUT2D eigenvalue weighted by molar-refractivity contribution is 0.287. The Kier molecular flexibility index (Phi) is 5.01. The highest BCUT2D eigenvalue weighted by molar-refractivity contribution is 5.87. The molecule has 0 radical (unpaired) electrons. The molecule has 4 nitrogen and oxygen atoms in total. The Labute approximate surface area is 188 Å². The normalized spacial score (nSPS) is 13.2. The zero-order valence-electron chi connectivity index (χ0n) is 19.0. The summed E-state index contributed by atoms with van der Waals surface area (Å²) in [5, 5.41) is 0.984. The fourth-order valence-corrected chi connectivity index (χ4v) is 4.54. The molecule has 0 bridgehead atoms. The van der Waals surface area contributed by atoms with Gasteiger partial charge in [0.1, 0.15) is 11.3 Å². The number of nitrogens with zero attached hydrogens (tertiary/aromatic N) is 1. The maximum atomic E-state index is 12.9. The van der Waals surface area contributed by atoms with Crippen LogP contribution in [-0.2, 0) is 13.0 Å². The highest BCUT2D eigenvalue weighted by Gasteiger charge is 2.24. The van der Waals surface area contributed by atoms with Crippen LogP contribution in [0.3, 0.4) is 0 Å². The van der Waals surface area contributed by atoms with Crippen LogP contribution >= 0.6 is 0 Å². The number of aryl methyl sites for hydroxylation is 4. The Morgan fingerprint density at radius 1 is 0.906 bits per heavy atom. The minimum absolute atomic E-state index is 0.269. The maximum Gasteiger partial charge on any atom is 0.340 e. The molecule has 2 heterocycles. The van der Waals surface area contributed by atoms with E-state index in [1.165, 1.54) is 11.1 Å². The smallest absolute Gasteiger partial charge is 0.340 e. The number of anilines is 1. The predicted molar refractivity (Wildman–Crippen MR) is 129 cm³/mol. The van der Waals surface area contributed by atoms with Crippen molar-refractivity contribution in [1.82, 2.24) is 0 Å². The molecule has 0 saturated heterocycles. The van der Waals surface area contributed by atoms with Crippen LogP contribution in [0, 0.1) is 27.7 Å². The molecule has 1 aliphatic rings. The number of hydrogen-bond acceptors (Lipinski definition) is 4. The van der Waals surface area contributed by atoms with Crippen molar-refractivity contribution in [3.05, 3.63) is 104 Å². The van der Waals surface area contributed by atoms with Crippen LogP contribution in [-0.4, -0.2) is 6.73 Å². The van der Waals surface area contributed by atoms with Crippen molar-refractivity contribution >= 4 is 16.7 Å². The molecule has 0 atom stereocenters. The van der Waals surface area contributed by atoms with E-state index < -0.39 is 0 Å². The molecule has 32 heavy (non-hydrogen) atoms. The molecule has 0 aliphatic carbocycles. The van der Waals surface area contributed by atoms with E-state index in [0.29, 0.717) is 24.3 Å². The molecule has 0 fully saturated rings. The van der Waals surface area contributed by atoms with Crippen LogP contribution in [0.1, 0.15) is 38.9 Å². The third-order valence-electron chi connectivity index (χ3n) is 6.64. The molecular weight excluding hydrogens is 398 g/mol. The molecule has 0 spiro atoms. The molecular formula is C28H27NO3. The van der Waals surface area contributed by atoms with E-state index in [0.717, 1.165) is 45.6 Å². The first-order chi connectivity index (χ1) is 15.4. The van der Waals surface area contributed by atoms with Crippen LogP contribution in [0.4, 0.5) is 5.69 Å². The van der Waals surface area contributed by atoms with Crippen molar-refractivity contribution in [2.24, 2.45) is 0 Å². The molecule has 5 rings (SSSR count). The van der Waals surface area contributed by atoms with Crippen LogP contribution < -0.4 is 15.3 Å². The van der Waals surface area contributed by atoms with Crippen molar-refractivity contribution < 1.29 is 9.15 Å². The lowest BCUT2D eigenvalue weighted by atomic mass is 9.96. The van der Waals surface area contributed by atoms with Crippen molar-refractivity contribution in [3.63, 3.8) is 0 Å². The average molecular weight is 426 g/mol. The molecule has 3 aromatic carbocycles. The largest absolute Gasteiger partial charge is 0.472 e. The van der Waals surface area contributed by atoms with E-state index in [1.807, 2.05) is 44.2 Å². The van der Waals surface area contributed by atoms with Crippen molar-refractivity contribution in [2.45, 2.75) is 40.7 Å². The summed E-state index contributed by atoms with van der Waals surface area (Å²) in [7, 11) is 0. The quantitative estimate of drug-likeness (QED) is 0.379. The highest BCUT2D eigenvalue weighted by atomic mass is 16.5. The lowest BCUT2D eigenvalue weighted by Gasteiger charge is -2.32. The minimum atomic E-state index is -0.269. The van der Waals surface area contributed by atoms with Crippen molar-refractivity contribution in [2.75, 3.05) is 11.6 Å². The fraction of sp³-hybridized carbons (Fsp3) is 0.250. The first-order valence-electron chi connectivity index (χ1n) is 11.0. The zero-order valence-corrected chi connectivity index (χ0v) is 19.0. The third-order valence-corrected chi connectivity index (χ3v) is 6.64. The van der Waals surface area contributed by atoms with Gasteiger partial charge in [0, 0.05) is 40.7 Å². The summed E-state index contributed by atoms with van der Waals surface area (Å²) in [4.78, 5) is 15.1. The van der Waals surface area contributed by atoms with Crippen molar-refractivity contribution in [3.8, 4) is 5.75 Å². The van der Waals surface area contributed by atoms with Crippen molar-refractivity contribution in [1.29, 1.82) is 0 Å². The Hall–Kier alpha value is -3.53. The third kappa shape index (κ3) is 3.46. The van der Waals surface area contributed by atoms with Gasteiger partial charge in [-0.1, -0.05) is 36.4 Å². The van der Waals surface area contributed by atoms with Gasteiger partial charge in [0.2, 0.25) is 0 Å². The van der Waals surface area contributed by atoms with E-state index in [2.05, 4.69) is 43.0 Å². The number of hydrogen-bond donors (Lipinski definition) is 0. The summed E-state index contributed by atoms with van der Waals surface area (Å²) >= 11 is 0. The van der Waals surface area contributed by atoms with Gasteiger partial charge >= 0.3 is 5.63 Å². The van der Waals surface area contributed by atoms with Gasteiger partial charge in [0.05, 0.1) is 0 Å². The molecule has 0 unspecified atom stereocenters. The van der Waals surface area contributed by atoms with E-state index in [4.69, 9.17) is 9.15 Å². The van der Waals surface area contributed by atoms with Gasteiger partial charge < -0.3 is 14.1 Å². The van der Waals surface area contributed by atoms with Gasteiger partial charge in [-0.3, -0.25) is 0 Å². The Bertz CT molecular complexity index is 1390. The van der Waals surface area contributed by atoms with Crippen LogP contribution in [0.5, 0.6) is 5.75 Å². The lowest BCUT2D eigenvalue weighted by Crippen LogP contribution is -2.32. The molecule has 162 valence electrons. The second-order valence-electron chi connectivity index (χ2n) is 8.76. The van der Waals surface area contributed by atoms with E-state index >= 15 is 0 Å². The average Bonchev–Trinajstić information content (AvgIpc) is 2.80. The van der Waals surface area contributed by atoms with Gasteiger partial charge in [-0.15, -0.1) is 0 Å². The predicted octanol–water partition coefficient (Wildman–Crippen LogP) is 5.97. The summed E-state index contributed by atoms with van der Waals surface area (Å²) < 4.78 is 12.0. The molecule has 4 heteroatoms. The van der Waals surface area contributed by atoms with E-state index in [1.54, 1.807) is 0 Å². The summed E-state index contributed by atoms with van der Waals surface area (Å²) in [6.45, 7) is 9.48. The topological polar surface area (TPSA) is 42.7 Å². The Morgan fingerprint density at radius 2 is 1.69 bits per heavy atom. The minimum Gasteiger partial charge on any atom is -0.472 e. The second-order valence-corrected chi connectivity index (χ2v) is 8.76. The molecule has 0 N–H and O–H groups in total. The molecule has 1 aliphatic heterocycles. The van der Waals surface area contributed by atoms with E-state index in [-0.39, 0.29) is 5.63 Å². The highest BCUT2D eigenvalue weighted by Crippen LogP contribution is 2.37. The number of fused-ring (bicyclic) bond motifs is 2. The molecule has 4 aromatic rings. The standard InChI is InChI=1S/C28H27NO3/c1-17-10-11-23(12-18(17)2)29-15-22-14-24-19(3)25(13-21-8-6-5-7-9-21)28(30)32-27(24)20(4)26(22)31-16-29/h5-12,14H,13,15-16H2,1-4H3. The summed E-state index contributed by atoms with van der Waals surface area (Å²) in [5.41, 5.74) is 8.86. The zero-order chi connectivity index (χ0) is 22.4. The van der Waals surface area contributed by atoms with Gasteiger partial charge in [0.15, 0.2) is 6.73 Å². The maximum absolute atomic E-state index is 12.9. The van der Waals surface area contributed by atoms with E-state index in [9.17, 15) is 4.79 Å². The molecule has 1 aromatic heterocycles. The summed E-state index contributed by atoms with van der Waals surface area (Å²) in [6, 6.07) is 18.7. The fourth-order valence-electron chi connectivity index (χ4n) is 4.54. The molecule has 0 saturated carbocycles. The monoisotopic (exact) mass is 425 g/mol. The second kappa shape index (κ2) is 7.86. The Morgan fingerprint density at radius 3 is 2.44 bits per heavy atom. The van der Waals surface area contributed by atoms with Gasteiger partial charge in [-0.2, -0.15) is 0 Å². The number of ether oxygens (including phenoxy) is 1. The number of benzene rings is 3.